The minimum Gasteiger partial charge on any atom is -0.305 e. The molecule has 94 valence electrons. The molecule has 4 nitrogen and oxygen atoms in total. The first-order valence-electron chi connectivity index (χ1n) is 6.06. The van der Waals surface area contributed by atoms with Crippen LogP contribution in [0, 0.1) is 0 Å². The highest BCUT2D eigenvalue weighted by molar-refractivity contribution is 6.29. The third kappa shape index (κ3) is 3.63. The van der Waals surface area contributed by atoms with Gasteiger partial charge in [-0.3, -0.25) is 4.90 Å². The van der Waals surface area contributed by atoms with Crippen LogP contribution in [-0.4, -0.2) is 52.7 Å². The zero-order valence-electron chi connectivity index (χ0n) is 10.4. The van der Waals surface area contributed by atoms with Crippen molar-refractivity contribution in [3.63, 3.8) is 0 Å². The summed E-state index contributed by atoms with van der Waals surface area (Å²) in [6.45, 7) is 6.54. The van der Waals surface area contributed by atoms with E-state index >= 15 is 0 Å². The van der Waals surface area contributed by atoms with Gasteiger partial charge in [-0.1, -0.05) is 11.6 Å². The number of nitrogens with zero attached hydrogens (tertiary/aromatic N) is 4. The summed E-state index contributed by atoms with van der Waals surface area (Å²) in [5, 5.41) is 8.46. The Morgan fingerprint density at radius 3 is 2.88 bits per heavy atom. The second-order valence-electron chi connectivity index (χ2n) is 4.78. The Bertz CT molecular complexity index is 354. The van der Waals surface area contributed by atoms with Crippen molar-refractivity contribution in [2.45, 2.75) is 25.9 Å². The number of aromatic nitrogens is 2. The molecule has 0 bridgehead atoms. The molecule has 1 unspecified atom stereocenters. The summed E-state index contributed by atoms with van der Waals surface area (Å²) in [5.41, 5.74) is 0.991. The van der Waals surface area contributed by atoms with Crippen molar-refractivity contribution in [2.75, 3.05) is 26.7 Å². The van der Waals surface area contributed by atoms with Gasteiger partial charge in [-0.05, 0) is 39.1 Å². The van der Waals surface area contributed by atoms with Crippen LogP contribution in [0.25, 0.3) is 0 Å². The third-order valence-electron chi connectivity index (χ3n) is 3.24. The van der Waals surface area contributed by atoms with E-state index in [2.05, 4.69) is 34.0 Å². The largest absolute Gasteiger partial charge is 0.305 e. The summed E-state index contributed by atoms with van der Waals surface area (Å²) < 4.78 is 0. The minimum atomic E-state index is 0.456. The monoisotopic (exact) mass is 254 g/mol. The molecule has 1 aliphatic heterocycles. The van der Waals surface area contributed by atoms with Crippen LogP contribution in [0.5, 0.6) is 0 Å². The maximum atomic E-state index is 5.73. The topological polar surface area (TPSA) is 32.3 Å². The van der Waals surface area contributed by atoms with E-state index in [9.17, 15) is 0 Å². The van der Waals surface area contributed by atoms with Crippen molar-refractivity contribution < 1.29 is 0 Å². The average Bonchev–Trinajstić information content (AvgIpc) is 2.44. The first kappa shape index (κ1) is 12.7. The molecule has 0 amide bonds. The van der Waals surface area contributed by atoms with Crippen LogP contribution in [0.4, 0.5) is 0 Å². The normalized spacial score (nSPS) is 23.6. The highest BCUT2D eigenvalue weighted by atomic mass is 35.5. The van der Waals surface area contributed by atoms with Crippen LogP contribution in [0.15, 0.2) is 12.1 Å². The Kier molecular flexibility index (Phi) is 4.31. The lowest BCUT2D eigenvalue weighted by molar-refractivity contribution is 0.192. The fraction of sp³-hybridized carbons (Fsp3) is 0.667. The van der Waals surface area contributed by atoms with Gasteiger partial charge in [0.1, 0.15) is 0 Å². The van der Waals surface area contributed by atoms with Gasteiger partial charge in [0.2, 0.25) is 0 Å². The smallest absolute Gasteiger partial charge is 0.151 e. The fourth-order valence-corrected chi connectivity index (χ4v) is 2.39. The molecule has 0 N–H and O–H groups in total. The van der Waals surface area contributed by atoms with E-state index in [0.717, 1.165) is 25.3 Å². The van der Waals surface area contributed by atoms with Crippen LogP contribution in [0.1, 0.15) is 19.0 Å². The molecule has 1 aliphatic rings. The van der Waals surface area contributed by atoms with Crippen molar-refractivity contribution in [3.05, 3.63) is 23.0 Å². The highest BCUT2D eigenvalue weighted by Gasteiger charge is 2.19. The number of likely N-dealkylation sites (N-methyl/N-ethyl adjacent to an activating group) is 1. The Hall–Kier alpha value is -0.710. The highest BCUT2D eigenvalue weighted by Crippen LogP contribution is 2.12. The molecule has 1 saturated heterocycles. The first-order valence-corrected chi connectivity index (χ1v) is 6.43. The molecule has 0 aliphatic carbocycles. The Balaban J connectivity index is 1.99. The predicted molar refractivity (Wildman–Crippen MR) is 69.0 cm³/mol. The second-order valence-corrected chi connectivity index (χ2v) is 5.17. The Labute approximate surface area is 108 Å². The molecule has 1 atom stereocenters. The van der Waals surface area contributed by atoms with Gasteiger partial charge in [0.05, 0.1) is 5.69 Å². The van der Waals surface area contributed by atoms with Crippen LogP contribution in [-0.2, 0) is 6.54 Å². The van der Waals surface area contributed by atoms with Gasteiger partial charge in [0, 0.05) is 25.7 Å². The standard InChI is InChI=1S/C12H19ClN4/c1-10-8-16(2)6-3-7-17(10)9-11-4-5-12(13)15-14-11/h4-5,10H,3,6-9H2,1-2H3. The number of hydrogen-bond acceptors (Lipinski definition) is 4. The van der Waals surface area contributed by atoms with Crippen LogP contribution >= 0.6 is 11.6 Å². The molecule has 17 heavy (non-hydrogen) atoms. The molecule has 0 radical (unpaired) electrons. The van der Waals surface area contributed by atoms with Gasteiger partial charge < -0.3 is 4.90 Å². The molecule has 0 spiro atoms. The van der Waals surface area contributed by atoms with Crippen molar-refractivity contribution >= 4 is 11.6 Å². The van der Waals surface area contributed by atoms with Crippen LogP contribution in [0.3, 0.4) is 0 Å². The summed E-state index contributed by atoms with van der Waals surface area (Å²) in [4.78, 5) is 4.85. The van der Waals surface area contributed by atoms with Gasteiger partial charge in [0.15, 0.2) is 5.15 Å². The molecule has 5 heteroatoms. The van der Waals surface area contributed by atoms with E-state index in [4.69, 9.17) is 11.6 Å². The van der Waals surface area contributed by atoms with Gasteiger partial charge in [0.25, 0.3) is 0 Å². The van der Waals surface area contributed by atoms with E-state index < -0.39 is 0 Å². The average molecular weight is 255 g/mol. The molecule has 0 saturated carbocycles. The minimum absolute atomic E-state index is 0.456. The summed E-state index contributed by atoms with van der Waals surface area (Å²) in [5.74, 6) is 0. The maximum absolute atomic E-state index is 5.73. The lowest BCUT2D eigenvalue weighted by atomic mass is 10.2. The van der Waals surface area contributed by atoms with E-state index in [-0.39, 0.29) is 0 Å². The van der Waals surface area contributed by atoms with E-state index in [0.29, 0.717) is 11.2 Å². The number of rotatable bonds is 2. The van der Waals surface area contributed by atoms with Crippen LogP contribution < -0.4 is 0 Å². The van der Waals surface area contributed by atoms with Crippen molar-refractivity contribution in [2.24, 2.45) is 0 Å². The SMILES string of the molecule is CC1CN(C)CCCN1Cc1ccc(Cl)nn1. The van der Waals surface area contributed by atoms with E-state index in [1.165, 1.54) is 13.0 Å². The quantitative estimate of drug-likeness (QED) is 0.804. The summed E-state index contributed by atoms with van der Waals surface area (Å²) >= 11 is 5.73. The van der Waals surface area contributed by atoms with Gasteiger partial charge >= 0.3 is 0 Å². The first-order chi connectivity index (χ1) is 8.15. The molecule has 1 fully saturated rings. The number of halogens is 1. The molecule has 1 aromatic heterocycles. The van der Waals surface area contributed by atoms with Crippen molar-refractivity contribution in [1.82, 2.24) is 20.0 Å². The maximum Gasteiger partial charge on any atom is 0.151 e. The molecular weight excluding hydrogens is 236 g/mol. The summed E-state index contributed by atoms with van der Waals surface area (Å²) in [6, 6.07) is 4.31. The molecular formula is C12H19ClN4. The zero-order valence-corrected chi connectivity index (χ0v) is 11.2. The molecule has 1 aromatic rings. The van der Waals surface area contributed by atoms with Gasteiger partial charge in [-0.25, -0.2) is 0 Å². The summed E-state index contributed by atoms with van der Waals surface area (Å²) in [7, 11) is 2.18. The lowest BCUT2D eigenvalue weighted by Crippen LogP contribution is -2.37. The predicted octanol–water partition coefficient (Wildman–Crippen LogP) is 1.66. The Morgan fingerprint density at radius 2 is 2.18 bits per heavy atom. The third-order valence-corrected chi connectivity index (χ3v) is 3.44. The molecule has 2 heterocycles. The molecule has 0 aromatic carbocycles. The summed E-state index contributed by atoms with van der Waals surface area (Å²) in [6.07, 6.45) is 1.21. The molecule has 2 rings (SSSR count). The number of hydrogen-bond donors (Lipinski definition) is 0. The second kappa shape index (κ2) is 5.76. The van der Waals surface area contributed by atoms with Crippen molar-refractivity contribution in [1.29, 1.82) is 0 Å². The lowest BCUT2D eigenvalue weighted by Gasteiger charge is -2.27. The van der Waals surface area contributed by atoms with E-state index in [1.54, 1.807) is 6.07 Å². The van der Waals surface area contributed by atoms with Crippen molar-refractivity contribution in [3.8, 4) is 0 Å². The Morgan fingerprint density at radius 1 is 1.35 bits per heavy atom. The fourth-order valence-electron chi connectivity index (χ4n) is 2.29. The van der Waals surface area contributed by atoms with Gasteiger partial charge in [-0.15, -0.1) is 5.10 Å². The van der Waals surface area contributed by atoms with Gasteiger partial charge in [-0.2, -0.15) is 5.10 Å². The zero-order chi connectivity index (χ0) is 12.3. The van der Waals surface area contributed by atoms with E-state index in [1.807, 2.05) is 6.07 Å². The van der Waals surface area contributed by atoms with Crippen LogP contribution in [0.2, 0.25) is 5.15 Å².